The predicted molar refractivity (Wildman–Crippen MR) is 213 cm³/mol. The summed E-state index contributed by atoms with van der Waals surface area (Å²) < 4.78 is 45.2. The second-order valence-corrected chi connectivity index (χ2v) is 15.5. The molecule has 65 heavy (non-hydrogen) atoms. The van der Waals surface area contributed by atoms with Crippen molar-refractivity contribution < 1.29 is 114 Å². The highest BCUT2D eigenvalue weighted by Gasteiger charge is 2.53. The number of hydrogen-bond acceptors (Lipinski definition) is 22. The first-order valence-corrected chi connectivity index (χ1v) is 20.0. The van der Waals surface area contributed by atoms with E-state index in [1.807, 2.05) is 0 Å². The Morgan fingerprint density at radius 1 is 0.662 bits per heavy atom. The number of aliphatic hydroxyl groups excluding tert-OH is 11. The molecule has 1 aliphatic carbocycles. The van der Waals surface area contributed by atoms with Crippen LogP contribution in [0, 0.1) is 0 Å². The maximum Gasteiger partial charge on any atom is 0.330 e. The number of esters is 1. The van der Waals surface area contributed by atoms with Gasteiger partial charge in [0.15, 0.2) is 23.9 Å². The molecule has 5 aliphatic rings. The molecule has 23 nitrogen and oxygen atoms in total. The van der Waals surface area contributed by atoms with Crippen LogP contribution in [0.5, 0.6) is 17.2 Å². The largest absolute Gasteiger partial charge is 0.571 e. The van der Waals surface area contributed by atoms with E-state index in [0.717, 1.165) is 24.3 Å². The van der Waals surface area contributed by atoms with Crippen molar-refractivity contribution in [3.05, 3.63) is 101 Å². The smallest absolute Gasteiger partial charge is 0.330 e. The van der Waals surface area contributed by atoms with Crippen LogP contribution in [0.4, 0.5) is 0 Å². The van der Waals surface area contributed by atoms with E-state index < -0.39 is 141 Å². The van der Waals surface area contributed by atoms with Gasteiger partial charge in [-0.3, -0.25) is 0 Å². The molecule has 16 atom stereocenters. The molecule has 4 heterocycles. The second kappa shape index (κ2) is 20.0. The third kappa shape index (κ3) is 10.2. The lowest BCUT2D eigenvalue weighted by atomic mass is 9.95. The van der Waals surface area contributed by atoms with Crippen LogP contribution in [0.2, 0.25) is 0 Å². The molecule has 0 amide bonds. The number of allylic oxidation sites excluding steroid dienone is 2. The Morgan fingerprint density at radius 2 is 1.28 bits per heavy atom. The Hall–Kier alpha value is -5.35. The lowest BCUT2D eigenvalue weighted by Gasteiger charge is -2.46. The molecule has 15 N–H and O–H groups in total. The maximum absolute atomic E-state index is 12.8. The summed E-state index contributed by atoms with van der Waals surface area (Å²) in [5.41, 5.74) is 0.639. The molecule has 2 aromatic rings. The standard InChI is InChI=1S/C42H48O23/c43-13-26-30(50)33(53)36(56)40(62-26)60-24-11-19(46)10-23-20(24)12-25(38(59-23)17-4-7-21(47)22(48)9-17)61-42-39(65-41-37(57)34(54)31(51)27(14-44)63-41)35(55)32(52)28(64-42)15-58-29(49)8-3-16-1-5-18(45)6-2-16/h1-12,23,26-28,30-37,39-48,50-57H,13-15H2/p+1. The van der Waals surface area contributed by atoms with E-state index in [9.17, 15) is 76.3 Å². The van der Waals surface area contributed by atoms with Crippen LogP contribution < -0.4 is 0 Å². The van der Waals surface area contributed by atoms with Gasteiger partial charge in [-0.15, -0.1) is 0 Å². The molecule has 0 radical (unpaired) electrons. The monoisotopic (exact) mass is 921 g/mol. The van der Waals surface area contributed by atoms with Gasteiger partial charge < -0.3 is 109 Å². The van der Waals surface area contributed by atoms with Gasteiger partial charge >= 0.3 is 11.7 Å². The van der Waals surface area contributed by atoms with Crippen molar-refractivity contribution in [2.45, 2.75) is 98.2 Å². The summed E-state index contributed by atoms with van der Waals surface area (Å²) in [6.45, 7) is -2.37. The lowest BCUT2D eigenvalue weighted by Crippen LogP contribution is -2.64. The summed E-state index contributed by atoms with van der Waals surface area (Å²) in [5.74, 6) is -3.17. The third-order valence-corrected chi connectivity index (χ3v) is 11.1. The Labute approximate surface area is 367 Å². The SMILES string of the molecule is O=C(C=Cc1ccc(O)cc1)OCC1OC(OC2=C(c3ccc(O)c(O)c3)[OH+]C3C=C(O)C=C(OC4OC(CO)C(O)C(O)C4O)C3=C2)C(OC2OC(CO)C(O)C(O)C2O)C(O)C1O. The van der Waals surface area contributed by atoms with Gasteiger partial charge in [-0.2, -0.15) is 0 Å². The van der Waals surface area contributed by atoms with Crippen molar-refractivity contribution in [1.82, 2.24) is 0 Å². The number of rotatable bonds is 13. The number of phenolic OH excluding ortho intramolecular Hbond substituents is 3. The van der Waals surface area contributed by atoms with Crippen molar-refractivity contribution in [3.63, 3.8) is 0 Å². The van der Waals surface area contributed by atoms with Crippen molar-refractivity contribution in [2.75, 3.05) is 19.8 Å². The Bertz CT molecular complexity index is 2170. The van der Waals surface area contributed by atoms with Crippen molar-refractivity contribution in [2.24, 2.45) is 0 Å². The molecule has 0 saturated carbocycles. The lowest BCUT2D eigenvalue weighted by molar-refractivity contribution is -0.363. The van der Waals surface area contributed by atoms with Crippen molar-refractivity contribution >= 4 is 17.8 Å². The molecular formula is C42H49O23+. The van der Waals surface area contributed by atoms with Gasteiger partial charge in [-0.05, 0) is 35.9 Å². The zero-order chi connectivity index (χ0) is 46.9. The fraction of sp³-hybridized carbons (Fsp3) is 0.452. The van der Waals surface area contributed by atoms with Gasteiger partial charge in [0.25, 0.3) is 0 Å². The molecule has 354 valence electrons. The van der Waals surface area contributed by atoms with Crippen LogP contribution in [0.25, 0.3) is 11.8 Å². The molecule has 0 spiro atoms. The van der Waals surface area contributed by atoms with E-state index in [4.69, 9.17) is 33.2 Å². The second-order valence-electron chi connectivity index (χ2n) is 15.5. The molecule has 3 saturated heterocycles. The highest BCUT2D eigenvalue weighted by Crippen LogP contribution is 2.41. The molecule has 3 fully saturated rings. The number of hydrogen-bond donors (Lipinski definition) is 14. The van der Waals surface area contributed by atoms with Gasteiger partial charge in [0.1, 0.15) is 91.0 Å². The topological polar surface area (TPSA) is 378 Å². The highest BCUT2D eigenvalue weighted by atomic mass is 16.8. The quantitative estimate of drug-likeness (QED) is 0.0399. The minimum Gasteiger partial charge on any atom is -0.571 e. The number of benzene rings is 2. The first-order chi connectivity index (χ1) is 31.0. The molecule has 23 heteroatoms. The molecular weight excluding hydrogens is 872 g/mol. The zero-order valence-electron chi connectivity index (χ0n) is 33.8. The van der Waals surface area contributed by atoms with Gasteiger partial charge in [0, 0.05) is 24.3 Å². The Kier molecular flexibility index (Phi) is 14.7. The maximum atomic E-state index is 12.8. The number of fused-ring (bicyclic) bond motifs is 1. The molecule has 0 bridgehead atoms. The van der Waals surface area contributed by atoms with E-state index in [-0.39, 0.29) is 34.2 Å². The van der Waals surface area contributed by atoms with E-state index in [0.29, 0.717) is 5.56 Å². The average molecular weight is 922 g/mol. The van der Waals surface area contributed by atoms with Gasteiger partial charge in [-0.25, -0.2) is 4.79 Å². The minimum absolute atomic E-state index is 0.00693. The third-order valence-electron chi connectivity index (χ3n) is 11.1. The number of carbonyl (C=O) groups is 1. The van der Waals surface area contributed by atoms with Gasteiger partial charge in [0.05, 0.1) is 30.4 Å². The Balaban J connectivity index is 1.24. The number of carbonyl (C=O) groups excluding carboxylic acids is 1. The normalized spacial score (nSPS) is 36.2. The number of ether oxygens (including phenoxy) is 8. The summed E-state index contributed by atoms with van der Waals surface area (Å²) in [6.07, 6.45) is -22.4. The summed E-state index contributed by atoms with van der Waals surface area (Å²) in [6, 6.07) is 9.35. The van der Waals surface area contributed by atoms with E-state index in [1.54, 1.807) is 0 Å². The number of aromatic hydroxyl groups is 3. The van der Waals surface area contributed by atoms with Crippen LogP contribution in [-0.4, -0.2) is 200 Å². The summed E-state index contributed by atoms with van der Waals surface area (Å²) in [7, 11) is 0. The first kappa shape index (κ1) is 47.6. The molecule has 16 unspecified atom stereocenters. The van der Waals surface area contributed by atoms with Gasteiger partial charge in [0.2, 0.25) is 24.4 Å². The van der Waals surface area contributed by atoms with E-state index in [1.165, 1.54) is 48.6 Å². The molecule has 0 aromatic heterocycles. The molecule has 2 aromatic carbocycles. The van der Waals surface area contributed by atoms with Crippen LogP contribution in [-0.2, 0) is 38.0 Å². The van der Waals surface area contributed by atoms with Gasteiger partial charge in [-0.1, -0.05) is 12.1 Å². The van der Waals surface area contributed by atoms with Crippen molar-refractivity contribution in [1.29, 1.82) is 0 Å². The number of aliphatic hydroxyl groups is 13. The highest BCUT2D eigenvalue weighted by molar-refractivity contribution is 5.87. The number of phenols is 3. The van der Waals surface area contributed by atoms with Crippen LogP contribution in [0.15, 0.2) is 89.6 Å². The average Bonchev–Trinajstić information content (AvgIpc) is 3.29. The first-order valence-electron chi connectivity index (χ1n) is 20.0. The zero-order valence-corrected chi connectivity index (χ0v) is 33.8. The predicted octanol–water partition coefficient (Wildman–Crippen LogP) is -3.63. The van der Waals surface area contributed by atoms with Crippen LogP contribution >= 0.6 is 0 Å². The summed E-state index contributed by atoms with van der Waals surface area (Å²) in [5, 5.41) is 147. The van der Waals surface area contributed by atoms with E-state index >= 15 is 0 Å². The van der Waals surface area contributed by atoms with Crippen molar-refractivity contribution in [3.8, 4) is 17.2 Å². The fourth-order valence-corrected chi connectivity index (χ4v) is 7.41. The fourth-order valence-electron chi connectivity index (χ4n) is 7.41. The minimum atomic E-state index is -2.06. The van der Waals surface area contributed by atoms with Crippen LogP contribution in [0.1, 0.15) is 11.1 Å². The molecule has 7 rings (SSSR count). The molecule has 4 aliphatic heterocycles. The van der Waals surface area contributed by atoms with E-state index in [2.05, 4.69) is 4.74 Å². The van der Waals surface area contributed by atoms with Crippen LogP contribution in [0.3, 0.4) is 0 Å². The summed E-state index contributed by atoms with van der Waals surface area (Å²) >= 11 is 0. The Morgan fingerprint density at radius 3 is 1.92 bits per heavy atom. The summed E-state index contributed by atoms with van der Waals surface area (Å²) in [4.78, 5) is 12.8.